The second-order valence-corrected chi connectivity index (χ2v) is 11.0. The normalized spacial score (nSPS) is 20.1. The van der Waals surface area contributed by atoms with E-state index in [2.05, 4.69) is 4.98 Å². The van der Waals surface area contributed by atoms with Crippen LogP contribution in [0.1, 0.15) is 43.2 Å². The van der Waals surface area contributed by atoms with E-state index >= 15 is 0 Å². The van der Waals surface area contributed by atoms with Crippen LogP contribution in [0.25, 0.3) is 0 Å². The number of carbonyl (C=O) groups excluding carboxylic acids is 2. The van der Waals surface area contributed by atoms with Crippen LogP contribution in [0.5, 0.6) is 5.75 Å². The molecule has 0 bridgehead atoms. The summed E-state index contributed by atoms with van der Waals surface area (Å²) in [5.74, 6) is -1.69. The summed E-state index contributed by atoms with van der Waals surface area (Å²) in [4.78, 5) is 32.4. The number of pyridine rings is 1. The SMILES string of the molecule is CC1=C(C(=O)OCc2ccccc2OCCS(=O)(=O)[O-])[C@H](c2ccc(Cl)nc2)CC(=O)N1CC1CCCO1. The van der Waals surface area contributed by atoms with E-state index in [9.17, 15) is 22.6 Å². The van der Waals surface area contributed by atoms with E-state index in [1.165, 1.54) is 0 Å². The number of nitrogens with zero attached hydrogens (tertiary/aromatic N) is 2. The molecule has 2 atom stereocenters. The average Bonchev–Trinajstić information content (AvgIpc) is 3.38. The number of para-hydroxylation sites is 1. The first-order valence-corrected chi connectivity index (χ1v) is 14.1. The predicted molar refractivity (Wildman–Crippen MR) is 136 cm³/mol. The molecule has 38 heavy (non-hydrogen) atoms. The van der Waals surface area contributed by atoms with Crippen molar-refractivity contribution < 1.29 is 36.8 Å². The fourth-order valence-electron chi connectivity index (χ4n) is 4.61. The first kappa shape index (κ1) is 28.0. The Morgan fingerprint density at radius 3 is 2.74 bits per heavy atom. The molecule has 12 heteroatoms. The minimum absolute atomic E-state index is 0.0567. The number of hydrogen-bond acceptors (Lipinski definition) is 9. The van der Waals surface area contributed by atoms with Crippen LogP contribution in [-0.2, 0) is 35.8 Å². The van der Waals surface area contributed by atoms with E-state index in [-0.39, 0.29) is 31.6 Å². The summed E-state index contributed by atoms with van der Waals surface area (Å²) in [6.07, 6.45) is 3.27. The Labute approximate surface area is 226 Å². The van der Waals surface area contributed by atoms with Gasteiger partial charge in [0.05, 0.1) is 34.1 Å². The first-order valence-electron chi connectivity index (χ1n) is 12.2. The fraction of sp³-hybridized carbons (Fsp3) is 0.423. The highest BCUT2D eigenvalue weighted by molar-refractivity contribution is 7.85. The summed E-state index contributed by atoms with van der Waals surface area (Å²) in [7, 11) is -4.43. The van der Waals surface area contributed by atoms with Gasteiger partial charge < -0.3 is 23.7 Å². The molecule has 1 aromatic heterocycles. The van der Waals surface area contributed by atoms with Crippen LogP contribution >= 0.6 is 11.6 Å². The molecule has 10 nitrogen and oxygen atoms in total. The molecule has 0 aliphatic carbocycles. The van der Waals surface area contributed by atoms with Gasteiger partial charge in [-0.05, 0) is 37.5 Å². The van der Waals surface area contributed by atoms with Crippen molar-refractivity contribution in [2.75, 3.05) is 25.5 Å². The molecule has 3 heterocycles. The van der Waals surface area contributed by atoms with E-state index in [1.54, 1.807) is 54.4 Å². The molecule has 4 rings (SSSR count). The molecule has 0 N–H and O–H groups in total. The average molecular weight is 564 g/mol. The summed E-state index contributed by atoms with van der Waals surface area (Å²) >= 11 is 5.95. The lowest BCUT2D eigenvalue weighted by molar-refractivity contribution is -0.141. The largest absolute Gasteiger partial charge is 0.748 e. The topological polar surface area (TPSA) is 135 Å². The van der Waals surface area contributed by atoms with E-state index in [0.29, 0.717) is 46.5 Å². The van der Waals surface area contributed by atoms with Crippen LogP contribution in [0.15, 0.2) is 53.9 Å². The number of rotatable bonds is 10. The maximum atomic E-state index is 13.5. The molecule has 1 amide bonds. The zero-order valence-corrected chi connectivity index (χ0v) is 22.4. The molecule has 0 radical (unpaired) electrons. The number of halogens is 1. The van der Waals surface area contributed by atoms with Gasteiger partial charge >= 0.3 is 5.97 Å². The Morgan fingerprint density at radius 1 is 1.26 bits per heavy atom. The van der Waals surface area contributed by atoms with E-state index < -0.39 is 27.8 Å². The Kier molecular flexibility index (Phi) is 9.03. The smallest absolute Gasteiger partial charge is 0.336 e. The third kappa shape index (κ3) is 7.10. The van der Waals surface area contributed by atoms with Crippen molar-refractivity contribution in [2.45, 2.75) is 44.8 Å². The fourth-order valence-corrected chi connectivity index (χ4v) is 5.01. The van der Waals surface area contributed by atoms with E-state index in [4.69, 9.17) is 25.8 Å². The van der Waals surface area contributed by atoms with Crippen molar-refractivity contribution in [2.24, 2.45) is 0 Å². The highest BCUT2D eigenvalue weighted by Gasteiger charge is 2.38. The number of aromatic nitrogens is 1. The zero-order valence-electron chi connectivity index (χ0n) is 20.8. The van der Waals surface area contributed by atoms with Gasteiger partial charge in [-0.2, -0.15) is 0 Å². The molecular formula is C26H28ClN2O8S-. The van der Waals surface area contributed by atoms with Gasteiger partial charge in [0.1, 0.15) is 24.1 Å². The number of esters is 1. The highest BCUT2D eigenvalue weighted by atomic mass is 35.5. The quantitative estimate of drug-likeness (QED) is 0.242. The Balaban J connectivity index is 1.57. The second-order valence-electron chi connectivity index (χ2n) is 9.10. The Morgan fingerprint density at radius 2 is 2.05 bits per heavy atom. The minimum Gasteiger partial charge on any atom is -0.748 e. The van der Waals surface area contributed by atoms with Crippen LogP contribution in [0, 0.1) is 0 Å². The van der Waals surface area contributed by atoms with Gasteiger partial charge in [0.25, 0.3) is 0 Å². The lowest BCUT2D eigenvalue weighted by Gasteiger charge is -2.35. The van der Waals surface area contributed by atoms with E-state index in [1.807, 2.05) is 0 Å². The zero-order chi connectivity index (χ0) is 27.3. The van der Waals surface area contributed by atoms with E-state index in [0.717, 1.165) is 12.8 Å². The summed E-state index contributed by atoms with van der Waals surface area (Å²) in [6, 6.07) is 10.00. The number of ether oxygens (including phenoxy) is 3. The van der Waals surface area contributed by atoms with Crippen LogP contribution in [0.3, 0.4) is 0 Å². The van der Waals surface area contributed by atoms with Gasteiger partial charge in [-0.3, -0.25) is 4.79 Å². The van der Waals surface area contributed by atoms with Crippen molar-refractivity contribution in [3.8, 4) is 5.75 Å². The second kappa shape index (κ2) is 12.2. The lowest BCUT2D eigenvalue weighted by atomic mass is 9.84. The highest BCUT2D eigenvalue weighted by Crippen LogP contribution is 2.38. The number of benzene rings is 1. The van der Waals surface area contributed by atoms with Crippen LogP contribution in [0.4, 0.5) is 0 Å². The maximum absolute atomic E-state index is 13.5. The third-order valence-electron chi connectivity index (χ3n) is 6.53. The Bertz CT molecular complexity index is 1310. The summed E-state index contributed by atoms with van der Waals surface area (Å²) in [5, 5.41) is 0.294. The number of amides is 1. The Hall–Kier alpha value is -2.99. The first-order chi connectivity index (χ1) is 18.1. The molecule has 2 aliphatic rings. The van der Waals surface area contributed by atoms with Gasteiger partial charge in [0.2, 0.25) is 5.91 Å². The molecule has 0 spiro atoms. The predicted octanol–water partition coefficient (Wildman–Crippen LogP) is 3.17. The van der Waals surface area contributed by atoms with Crippen molar-refractivity contribution in [1.29, 1.82) is 0 Å². The minimum atomic E-state index is -4.43. The maximum Gasteiger partial charge on any atom is 0.336 e. The van der Waals surface area contributed by atoms with Crippen LogP contribution < -0.4 is 4.74 Å². The number of allylic oxidation sites excluding steroid dienone is 1. The lowest BCUT2D eigenvalue weighted by Crippen LogP contribution is -2.42. The summed E-state index contributed by atoms with van der Waals surface area (Å²) in [6.45, 7) is 2.23. The van der Waals surface area contributed by atoms with Gasteiger partial charge in [-0.15, -0.1) is 0 Å². The molecule has 0 saturated carbocycles. The van der Waals surface area contributed by atoms with Gasteiger partial charge in [-0.25, -0.2) is 18.2 Å². The molecule has 2 aromatic rings. The third-order valence-corrected chi connectivity index (χ3v) is 7.42. The molecule has 1 aromatic carbocycles. The van der Waals surface area contributed by atoms with Crippen molar-refractivity contribution in [3.05, 3.63) is 70.1 Å². The van der Waals surface area contributed by atoms with Crippen molar-refractivity contribution in [3.63, 3.8) is 0 Å². The van der Waals surface area contributed by atoms with Crippen molar-refractivity contribution >= 4 is 33.6 Å². The standard InChI is InChI=1S/C26H29ClN2O8S/c1-17-25(26(31)37-16-19-5-2-3-7-22(19)36-11-12-38(32,33)34)21(18-8-9-23(27)28-14-18)13-24(30)29(17)15-20-6-4-10-35-20/h2-3,5,7-9,14,20-21H,4,6,10-13,15-16H2,1H3,(H,32,33,34)/p-1/t20?,21-/m0/s1. The van der Waals surface area contributed by atoms with Crippen molar-refractivity contribution in [1.82, 2.24) is 9.88 Å². The molecular weight excluding hydrogens is 536 g/mol. The molecule has 1 saturated heterocycles. The summed E-state index contributed by atoms with van der Waals surface area (Å²) in [5.41, 5.74) is 1.98. The van der Waals surface area contributed by atoms with Crippen LogP contribution in [-0.4, -0.2) is 66.3 Å². The molecule has 2 aliphatic heterocycles. The van der Waals surface area contributed by atoms with Gasteiger partial charge in [0, 0.05) is 36.4 Å². The summed E-state index contributed by atoms with van der Waals surface area (Å²) < 4.78 is 49.5. The molecule has 1 unspecified atom stereocenters. The van der Waals surface area contributed by atoms with Gasteiger partial charge in [0.15, 0.2) is 0 Å². The number of hydrogen-bond donors (Lipinski definition) is 0. The van der Waals surface area contributed by atoms with Crippen LogP contribution in [0.2, 0.25) is 5.15 Å². The molecule has 1 fully saturated rings. The number of carbonyl (C=O) groups is 2. The monoisotopic (exact) mass is 563 g/mol. The van der Waals surface area contributed by atoms with Gasteiger partial charge in [-0.1, -0.05) is 35.9 Å². The molecule has 204 valence electrons.